The second-order valence-corrected chi connectivity index (χ2v) is 4.51. The predicted octanol–water partition coefficient (Wildman–Crippen LogP) is 0.633. The lowest BCUT2D eigenvalue weighted by atomic mass is 10.2. The third-order valence-electron chi connectivity index (χ3n) is 3.34. The largest absolute Gasteiger partial charge is 0.368 e. The highest BCUT2D eigenvalue weighted by Gasteiger charge is 2.21. The molecule has 0 radical (unpaired) electrons. The summed E-state index contributed by atoms with van der Waals surface area (Å²) >= 11 is 0. The Morgan fingerprint density at radius 1 is 1.47 bits per heavy atom. The lowest BCUT2D eigenvalue weighted by molar-refractivity contribution is 0.260. The van der Waals surface area contributed by atoms with Crippen molar-refractivity contribution in [3.63, 3.8) is 0 Å². The Morgan fingerprint density at radius 2 is 2.24 bits per heavy atom. The molecule has 1 aliphatic heterocycles. The van der Waals surface area contributed by atoms with Crippen molar-refractivity contribution < 1.29 is 0 Å². The molecule has 0 unspecified atom stereocenters. The second-order valence-electron chi connectivity index (χ2n) is 4.51. The van der Waals surface area contributed by atoms with Gasteiger partial charge in [-0.05, 0) is 25.9 Å². The molecule has 1 fully saturated rings. The highest BCUT2D eigenvalue weighted by atomic mass is 15.2. The van der Waals surface area contributed by atoms with Gasteiger partial charge in [0.25, 0.3) is 0 Å². The first-order valence-corrected chi connectivity index (χ1v) is 6.30. The molecule has 0 bridgehead atoms. The Balaban J connectivity index is 1.74. The van der Waals surface area contributed by atoms with Crippen LogP contribution in [0.15, 0.2) is 12.4 Å². The minimum Gasteiger partial charge on any atom is -0.368 e. The van der Waals surface area contributed by atoms with Crippen molar-refractivity contribution in [2.45, 2.75) is 32.4 Å². The molecule has 0 saturated carbocycles. The summed E-state index contributed by atoms with van der Waals surface area (Å²) in [5.74, 6) is 0.335. The van der Waals surface area contributed by atoms with Crippen LogP contribution < -0.4 is 11.1 Å². The van der Waals surface area contributed by atoms with Crippen LogP contribution in [0.4, 0.5) is 5.95 Å². The van der Waals surface area contributed by atoms with E-state index in [1.165, 1.54) is 19.4 Å². The molecule has 1 saturated heterocycles. The van der Waals surface area contributed by atoms with Crippen LogP contribution in [0, 0.1) is 0 Å². The highest BCUT2D eigenvalue weighted by Crippen LogP contribution is 2.15. The Labute approximate surface area is 102 Å². The molecule has 0 spiro atoms. The van der Waals surface area contributed by atoms with Crippen LogP contribution in [0.3, 0.4) is 0 Å². The number of nitrogens with one attached hydrogen (secondary N) is 1. The van der Waals surface area contributed by atoms with Crippen LogP contribution >= 0.6 is 0 Å². The Hall–Kier alpha value is -1.20. The first-order chi connectivity index (χ1) is 8.29. The predicted molar refractivity (Wildman–Crippen MR) is 68.4 cm³/mol. The molecule has 17 heavy (non-hydrogen) atoms. The average Bonchev–Trinajstić information content (AvgIpc) is 2.79. The molecule has 5 nitrogen and oxygen atoms in total. The third kappa shape index (κ3) is 3.38. The smallest absolute Gasteiger partial charge is 0.219 e. The van der Waals surface area contributed by atoms with Gasteiger partial charge in [-0.1, -0.05) is 6.92 Å². The standard InChI is InChI=1S/C12H21N5/c1-2-17-5-3-4-11(17)9-14-6-10-7-15-12(13)16-8-10/h7-8,11,14H,2-6,9H2,1H3,(H2,13,15,16)/t11-/m1/s1. The van der Waals surface area contributed by atoms with Crippen molar-refractivity contribution in [1.82, 2.24) is 20.2 Å². The Morgan fingerprint density at radius 3 is 2.94 bits per heavy atom. The van der Waals surface area contributed by atoms with Crippen LogP contribution in [0.2, 0.25) is 0 Å². The van der Waals surface area contributed by atoms with E-state index in [1.54, 1.807) is 12.4 Å². The van der Waals surface area contributed by atoms with Gasteiger partial charge in [-0.15, -0.1) is 0 Å². The fraction of sp³-hybridized carbons (Fsp3) is 0.667. The Bertz CT molecular complexity index is 337. The molecule has 1 aromatic heterocycles. The number of nitrogen functional groups attached to an aromatic ring is 1. The molecule has 2 heterocycles. The van der Waals surface area contributed by atoms with Crippen molar-refractivity contribution >= 4 is 5.95 Å². The minimum atomic E-state index is 0.335. The summed E-state index contributed by atoms with van der Waals surface area (Å²) in [4.78, 5) is 10.5. The quantitative estimate of drug-likeness (QED) is 0.783. The summed E-state index contributed by atoms with van der Waals surface area (Å²) in [6, 6.07) is 0.690. The zero-order valence-corrected chi connectivity index (χ0v) is 10.4. The van der Waals surface area contributed by atoms with Crippen LogP contribution in [-0.4, -0.2) is 40.5 Å². The SMILES string of the molecule is CCN1CCC[C@@H]1CNCc1cnc(N)nc1. The first kappa shape index (κ1) is 12.3. The van der Waals surface area contributed by atoms with Gasteiger partial charge in [-0.3, -0.25) is 4.90 Å². The van der Waals surface area contributed by atoms with Gasteiger partial charge in [0.15, 0.2) is 0 Å². The highest BCUT2D eigenvalue weighted by molar-refractivity contribution is 5.16. The fourth-order valence-electron chi connectivity index (χ4n) is 2.38. The zero-order valence-electron chi connectivity index (χ0n) is 10.4. The van der Waals surface area contributed by atoms with Gasteiger partial charge < -0.3 is 11.1 Å². The number of rotatable bonds is 5. The van der Waals surface area contributed by atoms with E-state index in [0.29, 0.717) is 12.0 Å². The maximum absolute atomic E-state index is 5.44. The number of nitrogens with zero attached hydrogens (tertiary/aromatic N) is 3. The summed E-state index contributed by atoms with van der Waals surface area (Å²) in [6.07, 6.45) is 6.19. The van der Waals surface area contributed by atoms with Gasteiger partial charge >= 0.3 is 0 Å². The van der Waals surface area contributed by atoms with E-state index >= 15 is 0 Å². The van der Waals surface area contributed by atoms with Crippen molar-refractivity contribution in [3.05, 3.63) is 18.0 Å². The fourth-order valence-corrected chi connectivity index (χ4v) is 2.38. The molecule has 94 valence electrons. The van der Waals surface area contributed by atoms with E-state index in [2.05, 4.69) is 27.1 Å². The van der Waals surface area contributed by atoms with Gasteiger partial charge in [0.2, 0.25) is 5.95 Å². The summed E-state index contributed by atoms with van der Waals surface area (Å²) in [5, 5.41) is 3.46. The van der Waals surface area contributed by atoms with E-state index in [0.717, 1.165) is 25.2 Å². The number of anilines is 1. The second kappa shape index (κ2) is 5.93. The van der Waals surface area contributed by atoms with Crippen LogP contribution in [0.25, 0.3) is 0 Å². The number of hydrogen-bond acceptors (Lipinski definition) is 5. The molecule has 1 aliphatic rings. The van der Waals surface area contributed by atoms with E-state index in [-0.39, 0.29) is 0 Å². The van der Waals surface area contributed by atoms with Crippen LogP contribution in [-0.2, 0) is 6.54 Å². The van der Waals surface area contributed by atoms with Crippen molar-refractivity contribution in [3.8, 4) is 0 Å². The molecular weight excluding hydrogens is 214 g/mol. The molecule has 1 atom stereocenters. The maximum atomic E-state index is 5.44. The first-order valence-electron chi connectivity index (χ1n) is 6.30. The van der Waals surface area contributed by atoms with Gasteiger partial charge in [0, 0.05) is 37.1 Å². The molecule has 1 aromatic rings. The summed E-state index contributed by atoms with van der Waals surface area (Å²) < 4.78 is 0. The summed E-state index contributed by atoms with van der Waals surface area (Å²) in [5.41, 5.74) is 6.53. The summed E-state index contributed by atoms with van der Waals surface area (Å²) in [6.45, 7) is 6.48. The normalized spacial score (nSPS) is 20.9. The molecule has 3 N–H and O–H groups in total. The van der Waals surface area contributed by atoms with Crippen LogP contribution in [0.1, 0.15) is 25.3 Å². The Kier molecular flexibility index (Phi) is 4.28. The topological polar surface area (TPSA) is 67.1 Å². The molecule has 0 aromatic carbocycles. The zero-order chi connectivity index (χ0) is 12.1. The summed E-state index contributed by atoms with van der Waals surface area (Å²) in [7, 11) is 0. The van der Waals surface area contributed by atoms with Gasteiger partial charge in [-0.25, -0.2) is 9.97 Å². The molecule has 2 rings (SSSR count). The van der Waals surface area contributed by atoms with E-state index in [9.17, 15) is 0 Å². The number of likely N-dealkylation sites (N-methyl/N-ethyl adjacent to an activating group) is 1. The third-order valence-corrected chi connectivity index (χ3v) is 3.34. The molecule has 5 heteroatoms. The maximum Gasteiger partial charge on any atom is 0.219 e. The van der Waals surface area contributed by atoms with Crippen molar-refractivity contribution in [1.29, 1.82) is 0 Å². The van der Waals surface area contributed by atoms with E-state index < -0.39 is 0 Å². The number of aromatic nitrogens is 2. The lowest BCUT2D eigenvalue weighted by Crippen LogP contribution is -2.37. The average molecular weight is 235 g/mol. The number of likely N-dealkylation sites (tertiary alicyclic amines) is 1. The van der Waals surface area contributed by atoms with E-state index in [4.69, 9.17) is 5.73 Å². The monoisotopic (exact) mass is 235 g/mol. The van der Waals surface area contributed by atoms with Crippen molar-refractivity contribution in [2.75, 3.05) is 25.4 Å². The van der Waals surface area contributed by atoms with Gasteiger partial charge in [0.1, 0.15) is 0 Å². The van der Waals surface area contributed by atoms with Crippen molar-refractivity contribution in [2.24, 2.45) is 0 Å². The number of nitrogens with two attached hydrogens (primary N) is 1. The minimum absolute atomic E-state index is 0.335. The molecule has 0 aliphatic carbocycles. The van der Waals surface area contributed by atoms with Gasteiger partial charge in [0.05, 0.1) is 0 Å². The molecule has 0 amide bonds. The van der Waals surface area contributed by atoms with Crippen LogP contribution in [0.5, 0.6) is 0 Å². The van der Waals surface area contributed by atoms with Gasteiger partial charge in [-0.2, -0.15) is 0 Å². The number of hydrogen-bond donors (Lipinski definition) is 2. The molecular formula is C12H21N5. The lowest BCUT2D eigenvalue weighted by Gasteiger charge is -2.22. The van der Waals surface area contributed by atoms with E-state index in [1.807, 2.05) is 0 Å².